The highest BCUT2D eigenvalue weighted by molar-refractivity contribution is 5.96. The van der Waals surface area contributed by atoms with Crippen molar-refractivity contribution in [2.24, 2.45) is 0 Å². The number of likely N-dealkylation sites (tertiary alicyclic amines) is 1. The summed E-state index contributed by atoms with van der Waals surface area (Å²) in [6.45, 7) is 4.65. The molecule has 3 saturated heterocycles. The summed E-state index contributed by atoms with van der Waals surface area (Å²) in [5.74, 6) is -0.259. The van der Waals surface area contributed by atoms with Crippen LogP contribution in [0.3, 0.4) is 0 Å². The molecule has 38 heavy (non-hydrogen) atoms. The van der Waals surface area contributed by atoms with Crippen molar-refractivity contribution in [1.29, 1.82) is 0 Å². The van der Waals surface area contributed by atoms with E-state index in [9.17, 15) is 14.4 Å². The van der Waals surface area contributed by atoms with E-state index in [2.05, 4.69) is 10.2 Å². The van der Waals surface area contributed by atoms with Crippen molar-refractivity contribution in [1.82, 2.24) is 15.1 Å². The van der Waals surface area contributed by atoms with Crippen LogP contribution in [0.25, 0.3) is 0 Å². The predicted octanol–water partition coefficient (Wildman–Crippen LogP) is 3.14. The van der Waals surface area contributed by atoms with E-state index in [1.54, 1.807) is 4.90 Å². The standard InChI is InChI=1S/C30H38N4O4/c1-2-26(23-10-5-3-6-11-23)28(36)32-17-15-30(16-18-32)29(37)33(22-34(30)24-12-7-4-8-13-24)21-27(35)31-20-25-14-9-19-38-25/h3-8,10-13,25-26H,2,9,14-22H2,1H3,(H,31,35). The third-order valence-corrected chi connectivity index (χ3v) is 8.28. The van der Waals surface area contributed by atoms with Crippen molar-refractivity contribution < 1.29 is 19.1 Å². The molecule has 2 unspecified atom stereocenters. The highest BCUT2D eigenvalue weighted by atomic mass is 16.5. The molecule has 8 nitrogen and oxygen atoms in total. The molecule has 0 aromatic heterocycles. The lowest BCUT2D eigenvalue weighted by Crippen LogP contribution is -2.58. The van der Waals surface area contributed by atoms with E-state index in [0.29, 0.717) is 39.1 Å². The number of carbonyl (C=O) groups is 3. The van der Waals surface area contributed by atoms with Crippen molar-refractivity contribution >= 4 is 23.4 Å². The Balaban J connectivity index is 1.29. The van der Waals surface area contributed by atoms with E-state index in [-0.39, 0.29) is 36.3 Å². The van der Waals surface area contributed by atoms with Crippen LogP contribution in [-0.2, 0) is 19.1 Å². The van der Waals surface area contributed by atoms with Crippen molar-refractivity contribution in [3.63, 3.8) is 0 Å². The van der Waals surface area contributed by atoms with Gasteiger partial charge in [0.05, 0.1) is 18.7 Å². The minimum atomic E-state index is -0.762. The van der Waals surface area contributed by atoms with Crippen LogP contribution in [0.5, 0.6) is 0 Å². The largest absolute Gasteiger partial charge is 0.376 e. The second-order valence-electron chi connectivity index (χ2n) is 10.6. The zero-order valence-corrected chi connectivity index (χ0v) is 22.2. The van der Waals surface area contributed by atoms with Gasteiger partial charge in [-0.2, -0.15) is 0 Å². The van der Waals surface area contributed by atoms with Gasteiger partial charge in [0.25, 0.3) is 5.91 Å². The van der Waals surface area contributed by atoms with E-state index in [0.717, 1.165) is 37.1 Å². The van der Waals surface area contributed by atoms with E-state index in [1.807, 2.05) is 72.5 Å². The second kappa shape index (κ2) is 11.6. The number of hydrogen-bond acceptors (Lipinski definition) is 5. The Morgan fingerprint density at radius 3 is 2.37 bits per heavy atom. The Hall–Kier alpha value is -3.39. The van der Waals surface area contributed by atoms with Gasteiger partial charge < -0.3 is 24.8 Å². The Morgan fingerprint density at radius 2 is 1.74 bits per heavy atom. The van der Waals surface area contributed by atoms with Crippen LogP contribution in [0.1, 0.15) is 50.5 Å². The molecule has 5 rings (SSSR count). The van der Waals surface area contributed by atoms with Gasteiger partial charge in [-0.15, -0.1) is 0 Å². The summed E-state index contributed by atoms with van der Waals surface area (Å²) in [5, 5.41) is 2.95. The summed E-state index contributed by atoms with van der Waals surface area (Å²) >= 11 is 0. The molecule has 0 radical (unpaired) electrons. The molecule has 8 heteroatoms. The molecule has 3 heterocycles. The quantitative estimate of drug-likeness (QED) is 0.581. The maximum Gasteiger partial charge on any atom is 0.250 e. The fourth-order valence-electron chi connectivity index (χ4n) is 6.14. The first-order valence-electron chi connectivity index (χ1n) is 13.9. The molecule has 2 atom stereocenters. The van der Waals surface area contributed by atoms with Crippen molar-refractivity contribution in [3.05, 3.63) is 66.2 Å². The molecule has 3 fully saturated rings. The molecule has 1 spiro atoms. The molecule has 3 aliphatic heterocycles. The van der Waals surface area contributed by atoms with Crippen LogP contribution in [0.15, 0.2) is 60.7 Å². The van der Waals surface area contributed by atoms with Crippen LogP contribution in [-0.4, -0.2) is 78.6 Å². The Kier molecular flexibility index (Phi) is 7.98. The molecule has 0 bridgehead atoms. The summed E-state index contributed by atoms with van der Waals surface area (Å²) in [4.78, 5) is 45.9. The number of rotatable bonds is 8. The number of carbonyl (C=O) groups excluding carboxylic acids is 3. The van der Waals surface area contributed by atoms with Gasteiger partial charge in [0.1, 0.15) is 12.1 Å². The molecule has 0 saturated carbocycles. The van der Waals surface area contributed by atoms with Crippen LogP contribution < -0.4 is 10.2 Å². The highest BCUT2D eigenvalue weighted by Crippen LogP contribution is 2.40. The lowest BCUT2D eigenvalue weighted by Gasteiger charge is -2.44. The molecule has 1 N–H and O–H groups in total. The lowest BCUT2D eigenvalue weighted by atomic mass is 9.84. The van der Waals surface area contributed by atoms with Crippen molar-refractivity contribution in [3.8, 4) is 0 Å². The molecule has 2 aromatic rings. The Morgan fingerprint density at radius 1 is 1.05 bits per heavy atom. The number of nitrogens with one attached hydrogen (secondary N) is 1. The SMILES string of the molecule is CCC(C(=O)N1CCC2(CC1)C(=O)N(CC(=O)NCC1CCCO1)CN2c1ccccc1)c1ccccc1. The molecular formula is C30H38N4O4. The van der Waals surface area contributed by atoms with Crippen LogP contribution >= 0.6 is 0 Å². The number of piperidine rings is 1. The van der Waals surface area contributed by atoms with Gasteiger partial charge in [0.2, 0.25) is 11.8 Å². The zero-order valence-electron chi connectivity index (χ0n) is 22.2. The first-order valence-corrected chi connectivity index (χ1v) is 13.9. The van der Waals surface area contributed by atoms with Gasteiger partial charge in [-0.3, -0.25) is 14.4 Å². The molecule has 0 aliphatic carbocycles. The van der Waals surface area contributed by atoms with Gasteiger partial charge in [-0.25, -0.2) is 0 Å². The molecule has 3 amide bonds. The Bertz CT molecular complexity index is 1110. The maximum absolute atomic E-state index is 13.9. The minimum absolute atomic E-state index is 0.0190. The average molecular weight is 519 g/mol. The Labute approximate surface area is 224 Å². The summed E-state index contributed by atoms with van der Waals surface area (Å²) in [7, 11) is 0. The van der Waals surface area contributed by atoms with Gasteiger partial charge in [-0.1, -0.05) is 55.5 Å². The number of amides is 3. The summed E-state index contributed by atoms with van der Waals surface area (Å²) in [6.07, 6.45) is 3.83. The summed E-state index contributed by atoms with van der Waals surface area (Å²) < 4.78 is 5.61. The molecule has 3 aliphatic rings. The predicted molar refractivity (Wildman–Crippen MR) is 146 cm³/mol. The van der Waals surface area contributed by atoms with Gasteiger partial charge in [0, 0.05) is 31.9 Å². The van der Waals surface area contributed by atoms with Crippen molar-refractivity contribution in [2.75, 3.05) is 44.4 Å². The van der Waals surface area contributed by atoms with Crippen LogP contribution in [0, 0.1) is 0 Å². The monoisotopic (exact) mass is 518 g/mol. The number of nitrogens with zero attached hydrogens (tertiary/aromatic N) is 3. The number of hydrogen-bond donors (Lipinski definition) is 1. The zero-order chi connectivity index (χ0) is 26.5. The van der Waals surface area contributed by atoms with E-state index in [4.69, 9.17) is 4.74 Å². The highest BCUT2D eigenvalue weighted by Gasteiger charge is 2.54. The van der Waals surface area contributed by atoms with E-state index < -0.39 is 5.54 Å². The first-order chi connectivity index (χ1) is 18.5. The first kappa shape index (κ1) is 26.2. The minimum Gasteiger partial charge on any atom is -0.376 e. The van der Waals surface area contributed by atoms with Crippen molar-refractivity contribution in [2.45, 2.75) is 56.6 Å². The summed E-state index contributed by atoms with van der Waals surface area (Å²) in [6, 6.07) is 19.8. The lowest BCUT2D eigenvalue weighted by molar-refractivity contribution is -0.140. The average Bonchev–Trinajstić information content (AvgIpc) is 3.57. The molecule has 2 aromatic carbocycles. The van der Waals surface area contributed by atoms with Crippen LogP contribution in [0.2, 0.25) is 0 Å². The summed E-state index contributed by atoms with van der Waals surface area (Å²) in [5.41, 5.74) is 1.23. The number of benzene rings is 2. The number of para-hydroxylation sites is 1. The molecular weight excluding hydrogens is 480 g/mol. The van der Waals surface area contributed by atoms with Gasteiger partial charge >= 0.3 is 0 Å². The third-order valence-electron chi connectivity index (χ3n) is 8.28. The van der Waals surface area contributed by atoms with E-state index in [1.165, 1.54) is 0 Å². The normalized spacial score (nSPS) is 21.7. The topological polar surface area (TPSA) is 82.2 Å². The third kappa shape index (κ3) is 5.27. The van der Waals surface area contributed by atoms with Gasteiger partial charge in [-0.05, 0) is 49.8 Å². The van der Waals surface area contributed by atoms with Gasteiger partial charge in [0.15, 0.2) is 0 Å². The fraction of sp³-hybridized carbons (Fsp3) is 0.500. The van der Waals surface area contributed by atoms with E-state index >= 15 is 0 Å². The smallest absolute Gasteiger partial charge is 0.250 e. The number of anilines is 1. The number of ether oxygens (including phenoxy) is 1. The maximum atomic E-state index is 13.9. The second-order valence-corrected chi connectivity index (χ2v) is 10.6. The van der Waals surface area contributed by atoms with Crippen LogP contribution in [0.4, 0.5) is 5.69 Å². The fourth-order valence-corrected chi connectivity index (χ4v) is 6.14. The molecule has 202 valence electrons.